The molecule has 3 heterocycles. The number of hydroxylamine groups is 2. The zero-order valence-electron chi connectivity index (χ0n) is 33.9. The Morgan fingerprint density at radius 1 is 0.677 bits per heavy atom. The number of benzene rings is 4. The lowest BCUT2D eigenvalue weighted by Gasteiger charge is -2.34. The quantitative estimate of drug-likeness (QED) is 0.0432. The summed E-state index contributed by atoms with van der Waals surface area (Å²) in [5.41, 5.74) is 2.81. The Hall–Kier alpha value is -7.44. The summed E-state index contributed by atoms with van der Waals surface area (Å²) in [4.78, 5) is 57.8. The molecule has 0 bridgehead atoms. The van der Waals surface area contributed by atoms with Crippen molar-refractivity contribution >= 4 is 41.4 Å². The van der Waals surface area contributed by atoms with E-state index < -0.39 is 11.9 Å². The molecule has 18 heteroatoms. The van der Waals surface area contributed by atoms with Crippen LogP contribution in [0.15, 0.2) is 109 Å². The monoisotopic (exact) mass is 840 g/mol. The number of hydrogen-bond donors (Lipinski definition) is 7. The second-order valence-electron chi connectivity index (χ2n) is 14.3. The van der Waals surface area contributed by atoms with Crippen molar-refractivity contribution < 1.29 is 29.4 Å². The number of nitrogens with one attached hydrogen (secondary N) is 5. The summed E-state index contributed by atoms with van der Waals surface area (Å²) < 4.78 is 5.95. The Morgan fingerprint density at radius 2 is 1.29 bits per heavy atom. The predicted octanol–water partition coefficient (Wildman–Crippen LogP) is 5.67. The van der Waals surface area contributed by atoms with Crippen LogP contribution in [0.2, 0.25) is 0 Å². The van der Waals surface area contributed by atoms with Crippen molar-refractivity contribution in [3.63, 3.8) is 0 Å². The molecule has 0 amide bonds. The number of anilines is 5. The van der Waals surface area contributed by atoms with Gasteiger partial charge < -0.3 is 46.4 Å². The molecule has 1 saturated heterocycles. The van der Waals surface area contributed by atoms with Crippen LogP contribution < -0.4 is 31.3 Å². The number of para-hydroxylation sites is 1. The van der Waals surface area contributed by atoms with Crippen molar-refractivity contribution in [2.45, 2.75) is 38.1 Å². The maximum Gasteiger partial charge on any atom is 0.326 e. The number of hydrogen-bond acceptors (Lipinski definition) is 17. The van der Waals surface area contributed by atoms with Crippen LogP contribution >= 0.6 is 0 Å². The number of aliphatic carboxylic acids is 1. The Bertz CT molecular complexity index is 2360. The Labute approximate surface area is 358 Å². The first-order valence-electron chi connectivity index (χ1n) is 20.4. The van der Waals surface area contributed by atoms with E-state index in [9.17, 15) is 14.7 Å². The lowest BCUT2D eigenvalue weighted by Crippen LogP contribution is -2.52. The Kier molecular flexibility index (Phi) is 14.9. The number of carbonyl (C=O) groups is 2. The fourth-order valence-electron chi connectivity index (χ4n) is 6.40. The number of ether oxygens (including phenoxy) is 1. The number of nitrogens with zero attached hydrogens (tertiary/aromatic N) is 7. The van der Waals surface area contributed by atoms with E-state index in [0.29, 0.717) is 62.8 Å². The van der Waals surface area contributed by atoms with Crippen molar-refractivity contribution in [3.05, 3.63) is 120 Å². The van der Waals surface area contributed by atoms with Crippen LogP contribution in [0.25, 0.3) is 11.6 Å². The zero-order valence-corrected chi connectivity index (χ0v) is 33.9. The molecule has 6 aromatic rings. The number of aromatic hydroxyl groups is 1. The maximum atomic E-state index is 13.2. The number of aromatic nitrogens is 6. The van der Waals surface area contributed by atoms with Gasteiger partial charge in [-0.2, -0.15) is 29.9 Å². The van der Waals surface area contributed by atoms with Gasteiger partial charge in [0.05, 0.1) is 12.5 Å². The van der Waals surface area contributed by atoms with Crippen LogP contribution in [-0.4, -0.2) is 102 Å². The summed E-state index contributed by atoms with van der Waals surface area (Å²) in [6, 6.07) is 33.7. The Balaban J connectivity index is 1.09. The highest BCUT2D eigenvalue weighted by atomic mass is 16.7. The van der Waals surface area contributed by atoms with Gasteiger partial charge in [-0.1, -0.05) is 60.7 Å². The molecular formula is C44H48N12O6. The summed E-state index contributed by atoms with van der Waals surface area (Å²) in [6.45, 7) is 2.86. The van der Waals surface area contributed by atoms with Crippen molar-refractivity contribution in [1.29, 1.82) is 0 Å². The molecule has 4 aromatic carbocycles. The van der Waals surface area contributed by atoms with Crippen LogP contribution in [0.5, 0.6) is 17.2 Å². The summed E-state index contributed by atoms with van der Waals surface area (Å²) >= 11 is 0. The number of phenols is 1. The van der Waals surface area contributed by atoms with E-state index in [2.05, 4.69) is 68.6 Å². The normalized spacial score (nSPS) is 13.8. The van der Waals surface area contributed by atoms with Crippen LogP contribution in [0.3, 0.4) is 0 Å². The van der Waals surface area contributed by atoms with Crippen LogP contribution in [0.1, 0.15) is 30.4 Å². The van der Waals surface area contributed by atoms with E-state index in [1.165, 1.54) is 0 Å². The molecule has 1 aliphatic rings. The smallest absolute Gasteiger partial charge is 0.326 e. The Morgan fingerprint density at radius 3 is 1.98 bits per heavy atom. The molecule has 0 radical (unpaired) electrons. The lowest BCUT2D eigenvalue weighted by atomic mass is 10.0. The van der Waals surface area contributed by atoms with Crippen molar-refractivity contribution in [3.8, 4) is 28.9 Å². The summed E-state index contributed by atoms with van der Waals surface area (Å²) in [5.74, 6) is 1.15. The van der Waals surface area contributed by atoms with Crippen LogP contribution in [0, 0.1) is 0 Å². The number of rotatable bonds is 21. The van der Waals surface area contributed by atoms with Crippen molar-refractivity contribution in [2.75, 3.05) is 60.5 Å². The first-order chi connectivity index (χ1) is 30.3. The highest BCUT2D eigenvalue weighted by Crippen LogP contribution is 2.25. The molecule has 1 fully saturated rings. The minimum Gasteiger partial charge on any atom is -0.508 e. The lowest BCUT2D eigenvalue weighted by molar-refractivity contribution is -0.205. The van der Waals surface area contributed by atoms with Gasteiger partial charge in [0, 0.05) is 51.4 Å². The van der Waals surface area contributed by atoms with E-state index in [0.717, 1.165) is 17.5 Å². The van der Waals surface area contributed by atoms with E-state index >= 15 is 0 Å². The predicted molar refractivity (Wildman–Crippen MR) is 233 cm³/mol. The van der Waals surface area contributed by atoms with Gasteiger partial charge >= 0.3 is 11.9 Å². The number of phenolic OH excluding ortho intramolecular Hbond substituents is 1. The molecular weight excluding hydrogens is 793 g/mol. The molecule has 0 saturated carbocycles. The molecule has 7 N–H and O–H groups in total. The summed E-state index contributed by atoms with van der Waals surface area (Å²) in [6.07, 6.45) is 1.68. The molecule has 62 heavy (non-hydrogen) atoms. The minimum atomic E-state index is -0.910. The topological polar surface area (TPSA) is 234 Å². The number of carbonyl (C=O) groups excluding carboxylic acids is 1. The van der Waals surface area contributed by atoms with Gasteiger partial charge in [0.1, 0.15) is 17.2 Å². The highest BCUT2D eigenvalue weighted by Gasteiger charge is 2.26. The van der Waals surface area contributed by atoms with Crippen LogP contribution in [-0.2, 0) is 27.3 Å². The molecule has 18 nitrogen and oxygen atoms in total. The summed E-state index contributed by atoms with van der Waals surface area (Å²) in [7, 11) is 0. The van der Waals surface area contributed by atoms with E-state index in [1.807, 2.05) is 84.9 Å². The molecule has 2 aromatic heterocycles. The zero-order chi connectivity index (χ0) is 42.9. The van der Waals surface area contributed by atoms with Gasteiger partial charge in [0.25, 0.3) is 0 Å². The third-order valence-electron chi connectivity index (χ3n) is 9.49. The molecule has 0 aliphatic carbocycles. The first kappa shape index (κ1) is 42.7. The van der Waals surface area contributed by atoms with E-state index in [-0.39, 0.29) is 66.6 Å². The maximum absolute atomic E-state index is 13.2. The molecule has 1 atom stereocenters. The fraction of sp³-hybridized carbons (Fsp3) is 0.273. The molecule has 320 valence electrons. The second-order valence-corrected chi connectivity index (χ2v) is 14.3. The molecule has 1 unspecified atom stereocenters. The SMILES string of the molecule is O=C(O)CCCNc1nc(NCCc2ccc(O)cc2)nc(-c2nc(NCCC(=O)ON3CCNCC3Cc3ccccc3)nc(Nc3ccc(Oc4ccccc4)cc3)n2)n1. The second kappa shape index (κ2) is 21.7. The third kappa shape index (κ3) is 13.3. The van der Waals surface area contributed by atoms with Gasteiger partial charge in [-0.25, -0.2) is 0 Å². The van der Waals surface area contributed by atoms with Crippen LogP contribution in [0.4, 0.5) is 29.5 Å². The number of piperazine rings is 1. The van der Waals surface area contributed by atoms with Gasteiger partial charge in [0.2, 0.25) is 35.4 Å². The first-order valence-corrected chi connectivity index (χ1v) is 20.4. The van der Waals surface area contributed by atoms with Gasteiger partial charge in [-0.15, -0.1) is 5.06 Å². The largest absolute Gasteiger partial charge is 0.508 e. The number of carboxylic acids is 1. The van der Waals surface area contributed by atoms with Crippen molar-refractivity contribution in [1.82, 2.24) is 40.3 Å². The average molecular weight is 841 g/mol. The standard InChI is InChI=1S/C44H48N12O6/c57-34-17-13-30(14-18-34)21-24-47-42-51-39(50-41(54-42)46-23-7-12-37(58)59)40-52-43(55-44(53-40)49-32-15-19-36(20-16-32)61-35-10-5-2-6-11-35)48-25-22-38(60)62-56-27-26-45-29-33(56)28-31-8-3-1-4-9-31/h1-6,8-11,13-20,33,45,57H,7,12,21-29H2,(H,58,59)(H2,46,47,50,51,54)(H2,48,49,52,53,55). The fourth-order valence-corrected chi connectivity index (χ4v) is 6.40. The van der Waals surface area contributed by atoms with Crippen molar-refractivity contribution in [2.24, 2.45) is 0 Å². The summed E-state index contributed by atoms with van der Waals surface area (Å²) in [5, 5.41) is 36.7. The molecule has 1 aliphatic heterocycles. The molecule has 7 rings (SSSR count). The highest BCUT2D eigenvalue weighted by molar-refractivity contribution is 5.70. The van der Waals surface area contributed by atoms with Gasteiger partial charge in [-0.3, -0.25) is 9.59 Å². The minimum absolute atomic E-state index is 0.00847. The third-order valence-corrected chi connectivity index (χ3v) is 9.49. The number of carboxylic acid groups (broad SMARTS) is 1. The van der Waals surface area contributed by atoms with Gasteiger partial charge in [0.15, 0.2) is 0 Å². The van der Waals surface area contributed by atoms with E-state index in [4.69, 9.17) is 14.7 Å². The average Bonchev–Trinajstić information content (AvgIpc) is 3.28. The molecule has 0 spiro atoms. The van der Waals surface area contributed by atoms with E-state index in [1.54, 1.807) is 17.2 Å². The van der Waals surface area contributed by atoms with Gasteiger partial charge in [-0.05, 0) is 78.9 Å².